The molecule has 2 aromatic carbocycles. The molecule has 24 heavy (non-hydrogen) atoms. The number of aromatic nitrogens is 3. The number of hydrogen-bond acceptors (Lipinski definition) is 5. The maximum absolute atomic E-state index is 4.64. The number of fused-ring (bicyclic) bond motifs is 1. The Labute approximate surface area is 139 Å². The Morgan fingerprint density at radius 1 is 0.625 bits per heavy atom. The molecule has 0 fully saturated rings. The maximum Gasteiger partial charge on any atom is 0.229 e. The molecule has 0 aliphatic rings. The van der Waals surface area contributed by atoms with Crippen LogP contribution >= 0.6 is 0 Å². The summed E-state index contributed by atoms with van der Waals surface area (Å²) in [5, 5.41) is 7.56. The average molecular weight is 313 g/mol. The van der Waals surface area contributed by atoms with Crippen LogP contribution in [0.2, 0.25) is 0 Å². The molecule has 0 amide bonds. The summed E-state index contributed by atoms with van der Waals surface area (Å²) >= 11 is 0. The Bertz CT molecular complexity index is 955. The first kappa shape index (κ1) is 14.1. The summed E-state index contributed by atoms with van der Waals surface area (Å²) in [4.78, 5) is 13.2. The van der Waals surface area contributed by atoms with Crippen molar-refractivity contribution in [2.24, 2.45) is 0 Å². The van der Waals surface area contributed by atoms with Crippen molar-refractivity contribution in [1.82, 2.24) is 15.0 Å². The van der Waals surface area contributed by atoms with Gasteiger partial charge in [0.25, 0.3) is 0 Å². The molecule has 4 rings (SSSR count). The van der Waals surface area contributed by atoms with Crippen molar-refractivity contribution >= 4 is 34.0 Å². The molecular weight excluding hydrogens is 298 g/mol. The lowest BCUT2D eigenvalue weighted by Crippen LogP contribution is -2.02. The fraction of sp³-hybridized carbons (Fsp3) is 0. The van der Waals surface area contributed by atoms with Crippen molar-refractivity contribution in [3.8, 4) is 0 Å². The number of rotatable bonds is 4. The van der Waals surface area contributed by atoms with Crippen molar-refractivity contribution in [2.75, 3.05) is 10.6 Å². The Morgan fingerprint density at radius 2 is 1.33 bits per heavy atom. The van der Waals surface area contributed by atoms with Gasteiger partial charge in [-0.2, -0.15) is 4.98 Å². The van der Waals surface area contributed by atoms with Crippen LogP contribution < -0.4 is 10.6 Å². The predicted octanol–water partition coefficient (Wildman–Crippen LogP) is 4.51. The second-order valence-corrected chi connectivity index (χ2v) is 5.26. The molecular formula is C19H15N5. The average Bonchev–Trinajstić information content (AvgIpc) is 2.63. The first-order valence-electron chi connectivity index (χ1n) is 7.64. The van der Waals surface area contributed by atoms with Gasteiger partial charge in [0.2, 0.25) is 5.95 Å². The molecule has 2 aromatic heterocycles. The molecule has 0 bridgehead atoms. The number of pyridine rings is 1. The molecule has 0 atom stereocenters. The van der Waals surface area contributed by atoms with Crippen LogP contribution in [-0.4, -0.2) is 15.0 Å². The summed E-state index contributed by atoms with van der Waals surface area (Å²) in [5.74, 6) is 1.31. The minimum absolute atomic E-state index is 0.540. The largest absolute Gasteiger partial charge is 0.340 e. The molecule has 0 aliphatic carbocycles. The van der Waals surface area contributed by atoms with E-state index in [1.54, 1.807) is 12.4 Å². The highest BCUT2D eigenvalue weighted by atomic mass is 15.1. The van der Waals surface area contributed by atoms with Gasteiger partial charge in [-0.15, -0.1) is 0 Å². The number of para-hydroxylation sites is 2. The lowest BCUT2D eigenvalue weighted by Gasteiger charge is -2.11. The molecule has 2 heterocycles. The number of nitrogens with zero attached hydrogens (tertiary/aromatic N) is 3. The topological polar surface area (TPSA) is 62.7 Å². The second-order valence-electron chi connectivity index (χ2n) is 5.26. The summed E-state index contributed by atoms with van der Waals surface area (Å²) in [6, 6.07) is 21.7. The molecule has 0 unspecified atom stereocenters. The van der Waals surface area contributed by atoms with Crippen LogP contribution in [-0.2, 0) is 0 Å². The van der Waals surface area contributed by atoms with Gasteiger partial charge in [0.1, 0.15) is 5.82 Å². The fourth-order valence-corrected chi connectivity index (χ4v) is 2.45. The van der Waals surface area contributed by atoms with Gasteiger partial charge >= 0.3 is 0 Å². The molecule has 0 aliphatic heterocycles. The molecule has 0 saturated heterocycles. The number of anilines is 4. The van der Waals surface area contributed by atoms with Gasteiger partial charge in [0, 0.05) is 29.2 Å². The highest BCUT2D eigenvalue weighted by Gasteiger charge is 2.08. The molecule has 2 N–H and O–H groups in total. The van der Waals surface area contributed by atoms with Crippen LogP contribution in [0.4, 0.5) is 23.1 Å². The summed E-state index contributed by atoms with van der Waals surface area (Å²) < 4.78 is 0. The first-order chi connectivity index (χ1) is 11.9. The molecule has 0 spiro atoms. The van der Waals surface area contributed by atoms with E-state index in [4.69, 9.17) is 0 Å². The molecule has 0 saturated carbocycles. The minimum atomic E-state index is 0.540. The van der Waals surface area contributed by atoms with Crippen LogP contribution in [0.25, 0.3) is 10.9 Å². The quantitative estimate of drug-likeness (QED) is 0.580. The Hall–Kier alpha value is -3.47. The van der Waals surface area contributed by atoms with Gasteiger partial charge in [-0.3, -0.25) is 4.98 Å². The number of benzene rings is 2. The molecule has 5 heteroatoms. The van der Waals surface area contributed by atoms with E-state index in [9.17, 15) is 0 Å². The standard InChI is InChI=1S/C19H15N5/c1-2-6-14(7-3-1)21-18-16-8-4-5-9-17(16)23-19(24-18)22-15-10-12-20-13-11-15/h1-13H,(H2,20,21,22,23,24). The zero-order valence-corrected chi connectivity index (χ0v) is 12.8. The number of nitrogens with one attached hydrogen (secondary N) is 2. The van der Waals surface area contributed by atoms with Gasteiger partial charge in [-0.25, -0.2) is 4.98 Å². The summed E-state index contributed by atoms with van der Waals surface area (Å²) in [6.07, 6.45) is 3.46. The van der Waals surface area contributed by atoms with Crippen LogP contribution in [0.1, 0.15) is 0 Å². The van der Waals surface area contributed by atoms with Crippen molar-refractivity contribution in [2.45, 2.75) is 0 Å². The van der Waals surface area contributed by atoms with E-state index in [0.29, 0.717) is 5.95 Å². The third kappa shape index (κ3) is 3.01. The van der Waals surface area contributed by atoms with E-state index >= 15 is 0 Å². The van der Waals surface area contributed by atoms with Crippen LogP contribution in [0.15, 0.2) is 79.1 Å². The minimum Gasteiger partial charge on any atom is -0.340 e. The van der Waals surface area contributed by atoms with Crippen molar-refractivity contribution < 1.29 is 0 Å². The zero-order chi connectivity index (χ0) is 16.2. The summed E-state index contributed by atoms with van der Waals surface area (Å²) in [5.41, 5.74) is 2.75. The third-order valence-corrected chi connectivity index (χ3v) is 3.58. The summed E-state index contributed by atoms with van der Waals surface area (Å²) in [6.45, 7) is 0. The molecule has 5 nitrogen and oxygen atoms in total. The van der Waals surface area contributed by atoms with Gasteiger partial charge in [0.15, 0.2) is 0 Å². The highest BCUT2D eigenvalue weighted by molar-refractivity contribution is 5.91. The van der Waals surface area contributed by atoms with E-state index in [0.717, 1.165) is 28.1 Å². The van der Waals surface area contributed by atoms with Gasteiger partial charge in [0.05, 0.1) is 5.52 Å². The van der Waals surface area contributed by atoms with Crippen LogP contribution in [0.5, 0.6) is 0 Å². The SMILES string of the molecule is c1ccc(Nc2nc(Nc3ccncc3)nc3ccccc23)cc1. The molecule has 4 aromatic rings. The Kier molecular flexibility index (Phi) is 3.73. The van der Waals surface area contributed by atoms with Crippen LogP contribution in [0.3, 0.4) is 0 Å². The number of hydrogen-bond donors (Lipinski definition) is 2. The van der Waals surface area contributed by atoms with Crippen molar-refractivity contribution in [3.05, 3.63) is 79.1 Å². The lowest BCUT2D eigenvalue weighted by atomic mass is 10.2. The van der Waals surface area contributed by atoms with Crippen LogP contribution in [0, 0.1) is 0 Å². The van der Waals surface area contributed by atoms with Gasteiger partial charge in [-0.05, 0) is 36.4 Å². The monoisotopic (exact) mass is 313 g/mol. The van der Waals surface area contributed by atoms with Gasteiger partial charge in [-0.1, -0.05) is 30.3 Å². The highest BCUT2D eigenvalue weighted by Crippen LogP contribution is 2.26. The second kappa shape index (κ2) is 6.34. The normalized spacial score (nSPS) is 10.5. The third-order valence-electron chi connectivity index (χ3n) is 3.58. The van der Waals surface area contributed by atoms with E-state index in [1.807, 2.05) is 66.7 Å². The van der Waals surface area contributed by atoms with E-state index in [-0.39, 0.29) is 0 Å². The molecule has 0 radical (unpaired) electrons. The summed E-state index contributed by atoms with van der Waals surface area (Å²) in [7, 11) is 0. The van der Waals surface area contributed by atoms with E-state index in [2.05, 4.69) is 25.6 Å². The first-order valence-corrected chi connectivity index (χ1v) is 7.64. The zero-order valence-electron chi connectivity index (χ0n) is 12.8. The van der Waals surface area contributed by atoms with E-state index < -0.39 is 0 Å². The van der Waals surface area contributed by atoms with Crippen molar-refractivity contribution in [1.29, 1.82) is 0 Å². The lowest BCUT2D eigenvalue weighted by molar-refractivity contribution is 1.20. The predicted molar refractivity (Wildman–Crippen MR) is 96.8 cm³/mol. The van der Waals surface area contributed by atoms with Crippen molar-refractivity contribution in [3.63, 3.8) is 0 Å². The van der Waals surface area contributed by atoms with Gasteiger partial charge < -0.3 is 10.6 Å². The Morgan fingerprint density at radius 3 is 2.17 bits per heavy atom. The maximum atomic E-state index is 4.64. The fourth-order valence-electron chi connectivity index (χ4n) is 2.45. The smallest absolute Gasteiger partial charge is 0.229 e. The van der Waals surface area contributed by atoms with E-state index in [1.165, 1.54) is 0 Å². The molecule has 116 valence electrons. The Balaban J connectivity index is 1.76.